The zero-order valence-electron chi connectivity index (χ0n) is 7.82. The highest BCUT2D eigenvalue weighted by Gasteiger charge is 2.30. The summed E-state index contributed by atoms with van der Waals surface area (Å²) in [7, 11) is 2.02. The molecule has 4 nitrogen and oxygen atoms in total. The maximum Gasteiger partial charge on any atom is 0.407 e. The summed E-state index contributed by atoms with van der Waals surface area (Å²) in [4.78, 5) is 14.5. The number of nitrogens with zero attached hydrogens (tertiary/aromatic N) is 2. The smallest absolute Gasteiger partial charge is 0.407 e. The molecule has 1 N–H and O–H groups in total. The van der Waals surface area contributed by atoms with Gasteiger partial charge in [0.2, 0.25) is 0 Å². The van der Waals surface area contributed by atoms with E-state index < -0.39 is 6.09 Å². The molecule has 0 unspecified atom stereocenters. The van der Waals surface area contributed by atoms with Gasteiger partial charge in [0.25, 0.3) is 0 Å². The van der Waals surface area contributed by atoms with E-state index in [1.54, 1.807) is 0 Å². The minimum Gasteiger partial charge on any atom is -0.465 e. The van der Waals surface area contributed by atoms with Crippen LogP contribution in [0.15, 0.2) is 0 Å². The first kappa shape index (κ1) is 9.32. The van der Waals surface area contributed by atoms with Crippen molar-refractivity contribution in [3.8, 4) is 0 Å². The molecule has 70 valence electrons. The summed E-state index contributed by atoms with van der Waals surface area (Å²) in [6, 6.07) is 0.215. The number of rotatable bonds is 0. The summed E-state index contributed by atoms with van der Waals surface area (Å²) in [6.07, 6.45) is -0.803. The fraction of sp³-hybridized carbons (Fsp3) is 0.875. The molecule has 1 aliphatic rings. The van der Waals surface area contributed by atoms with Crippen LogP contribution >= 0.6 is 0 Å². The summed E-state index contributed by atoms with van der Waals surface area (Å²) < 4.78 is 0. The molecular weight excluding hydrogens is 156 g/mol. The summed E-state index contributed by atoms with van der Waals surface area (Å²) >= 11 is 0. The third kappa shape index (κ3) is 1.69. The van der Waals surface area contributed by atoms with Gasteiger partial charge in [0.15, 0.2) is 0 Å². The van der Waals surface area contributed by atoms with Gasteiger partial charge in [-0.25, -0.2) is 4.79 Å². The van der Waals surface area contributed by atoms with Crippen molar-refractivity contribution in [1.82, 2.24) is 9.80 Å². The maximum atomic E-state index is 10.8. The van der Waals surface area contributed by atoms with Crippen molar-refractivity contribution in [3.63, 3.8) is 0 Å². The molecule has 0 aliphatic carbocycles. The van der Waals surface area contributed by atoms with E-state index >= 15 is 0 Å². The number of piperazine rings is 1. The fourth-order valence-corrected chi connectivity index (χ4v) is 1.96. The Morgan fingerprint density at radius 2 is 1.75 bits per heavy atom. The molecular formula is C8H16N2O2. The summed E-state index contributed by atoms with van der Waals surface area (Å²) in [5.41, 5.74) is 0. The quantitative estimate of drug-likeness (QED) is 0.584. The van der Waals surface area contributed by atoms with E-state index in [1.165, 1.54) is 4.90 Å². The Morgan fingerprint density at radius 1 is 1.33 bits per heavy atom. The highest BCUT2D eigenvalue weighted by molar-refractivity contribution is 5.66. The monoisotopic (exact) mass is 172 g/mol. The van der Waals surface area contributed by atoms with Gasteiger partial charge >= 0.3 is 6.09 Å². The summed E-state index contributed by atoms with van der Waals surface area (Å²) in [5, 5.41) is 8.87. The normalized spacial score (nSPS) is 32.1. The van der Waals surface area contributed by atoms with Gasteiger partial charge in [0, 0.05) is 25.2 Å². The van der Waals surface area contributed by atoms with Crippen LogP contribution in [-0.4, -0.2) is 53.2 Å². The topological polar surface area (TPSA) is 43.8 Å². The third-order valence-electron chi connectivity index (χ3n) is 2.32. The second kappa shape index (κ2) is 3.31. The molecule has 0 aromatic heterocycles. The van der Waals surface area contributed by atoms with Crippen LogP contribution in [0, 0.1) is 0 Å². The number of carbonyl (C=O) groups is 1. The van der Waals surface area contributed by atoms with E-state index in [4.69, 9.17) is 5.11 Å². The van der Waals surface area contributed by atoms with Crippen molar-refractivity contribution in [3.05, 3.63) is 0 Å². The summed E-state index contributed by atoms with van der Waals surface area (Å²) in [6.45, 7) is 5.55. The van der Waals surface area contributed by atoms with Gasteiger partial charge < -0.3 is 14.9 Å². The first-order chi connectivity index (χ1) is 5.52. The van der Waals surface area contributed by atoms with Gasteiger partial charge in [-0.1, -0.05) is 0 Å². The van der Waals surface area contributed by atoms with Gasteiger partial charge in [0.1, 0.15) is 0 Å². The van der Waals surface area contributed by atoms with E-state index in [-0.39, 0.29) is 12.1 Å². The second-order valence-corrected chi connectivity index (χ2v) is 3.61. The number of hydrogen-bond acceptors (Lipinski definition) is 2. The standard InChI is InChI=1S/C8H16N2O2/c1-6-4-9(3)5-7(2)10(6)8(11)12/h6-7H,4-5H2,1-3H3,(H,11,12)/t6-,7-/m1/s1. The van der Waals surface area contributed by atoms with E-state index in [1.807, 2.05) is 20.9 Å². The molecule has 1 fully saturated rings. The Kier molecular flexibility index (Phi) is 2.57. The van der Waals surface area contributed by atoms with Crippen molar-refractivity contribution < 1.29 is 9.90 Å². The van der Waals surface area contributed by atoms with Crippen LogP contribution in [0.4, 0.5) is 4.79 Å². The highest BCUT2D eigenvalue weighted by Crippen LogP contribution is 2.13. The van der Waals surface area contributed by atoms with E-state index in [0.29, 0.717) is 0 Å². The maximum absolute atomic E-state index is 10.8. The van der Waals surface area contributed by atoms with Crippen LogP contribution < -0.4 is 0 Å². The largest absolute Gasteiger partial charge is 0.465 e. The number of amides is 1. The van der Waals surface area contributed by atoms with E-state index in [2.05, 4.69) is 4.90 Å². The number of carboxylic acid groups (broad SMARTS) is 1. The lowest BCUT2D eigenvalue weighted by Gasteiger charge is -2.41. The molecule has 0 aromatic rings. The van der Waals surface area contributed by atoms with Crippen LogP contribution in [-0.2, 0) is 0 Å². The number of hydrogen-bond donors (Lipinski definition) is 1. The summed E-state index contributed by atoms with van der Waals surface area (Å²) in [5.74, 6) is 0. The minimum absolute atomic E-state index is 0.108. The van der Waals surface area contributed by atoms with E-state index in [9.17, 15) is 4.79 Å². The third-order valence-corrected chi connectivity index (χ3v) is 2.32. The lowest BCUT2D eigenvalue weighted by atomic mass is 10.1. The first-order valence-corrected chi connectivity index (χ1v) is 4.22. The Labute approximate surface area is 72.8 Å². The Morgan fingerprint density at radius 3 is 2.08 bits per heavy atom. The second-order valence-electron chi connectivity index (χ2n) is 3.61. The van der Waals surface area contributed by atoms with Crippen molar-refractivity contribution in [2.24, 2.45) is 0 Å². The van der Waals surface area contributed by atoms with Gasteiger partial charge in [-0.05, 0) is 20.9 Å². The van der Waals surface area contributed by atoms with E-state index in [0.717, 1.165) is 13.1 Å². The molecule has 0 radical (unpaired) electrons. The van der Waals surface area contributed by atoms with Gasteiger partial charge in [0.05, 0.1) is 0 Å². The molecule has 2 atom stereocenters. The lowest BCUT2D eigenvalue weighted by molar-refractivity contribution is 0.0515. The molecule has 1 rings (SSSR count). The zero-order valence-corrected chi connectivity index (χ0v) is 7.82. The average molecular weight is 172 g/mol. The van der Waals surface area contributed by atoms with Crippen molar-refractivity contribution in [1.29, 1.82) is 0 Å². The Hall–Kier alpha value is -0.770. The molecule has 0 bridgehead atoms. The van der Waals surface area contributed by atoms with Gasteiger partial charge in [-0.2, -0.15) is 0 Å². The van der Waals surface area contributed by atoms with Crippen molar-refractivity contribution >= 4 is 6.09 Å². The molecule has 1 aliphatic heterocycles. The Balaban J connectivity index is 2.66. The predicted molar refractivity (Wildman–Crippen MR) is 46.3 cm³/mol. The minimum atomic E-state index is -0.803. The SMILES string of the molecule is C[C@@H]1CN(C)C[C@@H](C)N1C(=O)O. The molecule has 12 heavy (non-hydrogen) atoms. The predicted octanol–water partition coefficient (Wildman–Crippen LogP) is 0.689. The molecule has 0 aromatic carbocycles. The van der Waals surface area contributed by atoms with Crippen molar-refractivity contribution in [2.45, 2.75) is 25.9 Å². The van der Waals surface area contributed by atoms with Crippen LogP contribution in [0.5, 0.6) is 0 Å². The molecule has 1 amide bonds. The average Bonchev–Trinajstić information content (AvgIpc) is 1.82. The van der Waals surface area contributed by atoms with Gasteiger partial charge in [-0.3, -0.25) is 0 Å². The number of likely N-dealkylation sites (N-methyl/N-ethyl adjacent to an activating group) is 1. The molecule has 1 heterocycles. The van der Waals surface area contributed by atoms with Crippen LogP contribution in [0.2, 0.25) is 0 Å². The zero-order chi connectivity index (χ0) is 9.30. The van der Waals surface area contributed by atoms with Crippen LogP contribution in [0.1, 0.15) is 13.8 Å². The fourth-order valence-electron chi connectivity index (χ4n) is 1.96. The highest BCUT2D eigenvalue weighted by atomic mass is 16.4. The van der Waals surface area contributed by atoms with Crippen LogP contribution in [0.25, 0.3) is 0 Å². The Bertz CT molecular complexity index is 172. The molecule has 4 heteroatoms. The lowest BCUT2D eigenvalue weighted by Crippen LogP contribution is -2.57. The first-order valence-electron chi connectivity index (χ1n) is 4.22. The molecule has 0 saturated carbocycles. The van der Waals surface area contributed by atoms with Crippen molar-refractivity contribution in [2.75, 3.05) is 20.1 Å². The van der Waals surface area contributed by atoms with Gasteiger partial charge in [-0.15, -0.1) is 0 Å². The molecule has 1 saturated heterocycles. The van der Waals surface area contributed by atoms with Crippen LogP contribution in [0.3, 0.4) is 0 Å². The molecule has 0 spiro atoms.